The molecular weight excluding hydrogens is 341 g/mol. The van der Waals surface area contributed by atoms with Crippen LogP contribution >= 0.6 is 22.9 Å². The van der Waals surface area contributed by atoms with Crippen LogP contribution in [0.2, 0.25) is 0 Å². The third-order valence-electron chi connectivity index (χ3n) is 3.10. The van der Waals surface area contributed by atoms with Gasteiger partial charge in [0.1, 0.15) is 0 Å². The minimum absolute atomic E-state index is 0.471. The Hall–Kier alpha value is -1.60. The van der Waals surface area contributed by atoms with Gasteiger partial charge in [0.15, 0.2) is 5.00 Å². The normalized spacial score (nSPS) is 13.7. The van der Waals surface area contributed by atoms with Crippen LogP contribution in [0.3, 0.4) is 0 Å². The van der Waals surface area contributed by atoms with E-state index in [2.05, 4.69) is 4.99 Å². The first-order chi connectivity index (χ1) is 10.9. The minimum Gasteiger partial charge on any atom is -0.270 e. The van der Waals surface area contributed by atoms with Gasteiger partial charge in [0.05, 0.1) is 12.1 Å². The number of thiophene rings is 1. The van der Waals surface area contributed by atoms with E-state index in [4.69, 9.17) is 0 Å². The zero-order valence-electron chi connectivity index (χ0n) is 12.8. The average molecular weight is 358 g/mol. The smallest absolute Gasteiger partial charge is 0.270 e. The van der Waals surface area contributed by atoms with E-state index in [9.17, 15) is 13.2 Å². The predicted molar refractivity (Wildman–Crippen MR) is 93.0 cm³/mol. The summed E-state index contributed by atoms with van der Waals surface area (Å²) in [6.45, 7) is 3.84. The first kappa shape index (κ1) is 17.7. The quantitative estimate of drug-likeness (QED) is 0.418. The van der Waals surface area contributed by atoms with Gasteiger partial charge in [-0.15, -0.1) is 0 Å². The molecule has 0 aromatic carbocycles. The maximum atomic E-state index is 12.1. The number of nitrogens with zero attached hydrogens (tertiary/aromatic N) is 2. The van der Waals surface area contributed by atoms with Crippen LogP contribution in [0, 0.1) is 6.92 Å². The van der Waals surface area contributed by atoms with Crippen LogP contribution in [0.1, 0.15) is 31.0 Å². The number of hydrogen-bond donors (Lipinski definition) is 0. The third-order valence-corrected chi connectivity index (χ3v) is 5.07. The Morgan fingerprint density at radius 2 is 2.13 bits per heavy atom. The summed E-state index contributed by atoms with van der Waals surface area (Å²) in [5.74, 6) is 0. The highest BCUT2D eigenvalue weighted by molar-refractivity contribution is 7.12. The van der Waals surface area contributed by atoms with Gasteiger partial charge in [-0.05, 0) is 42.2 Å². The highest BCUT2D eigenvalue weighted by Gasteiger charge is 2.24. The van der Waals surface area contributed by atoms with Gasteiger partial charge in [-0.25, -0.2) is 4.99 Å². The average Bonchev–Trinajstić information content (AvgIpc) is 3.00. The molecule has 0 aliphatic heterocycles. The van der Waals surface area contributed by atoms with E-state index < -0.39 is 12.6 Å². The molecule has 0 bridgehead atoms. The van der Waals surface area contributed by atoms with Crippen LogP contribution in [0.5, 0.6) is 0 Å². The zero-order valence-corrected chi connectivity index (χ0v) is 14.4. The number of rotatable bonds is 6. The molecule has 0 aliphatic rings. The molecule has 0 spiro atoms. The summed E-state index contributed by atoms with van der Waals surface area (Å²) in [4.78, 5) is 4.44. The molecule has 0 N–H and O–H groups in total. The Balaban J connectivity index is 1.97. The summed E-state index contributed by atoms with van der Waals surface area (Å²) >= 11 is 3.11. The van der Waals surface area contributed by atoms with Crippen LogP contribution < -0.4 is 0 Å². The Morgan fingerprint density at radius 1 is 1.35 bits per heavy atom. The Labute approximate surface area is 141 Å². The van der Waals surface area contributed by atoms with E-state index in [0.29, 0.717) is 6.42 Å². The minimum atomic E-state index is -4.14. The molecule has 0 saturated carbocycles. The van der Waals surface area contributed by atoms with Crippen molar-refractivity contribution in [2.24, 2.45) is 4.99 Å². The van der Waals surface area contributed by atoms with Crippen molar-refractivity contribution in [3.8, 4) is 0 Å². The molecule has 23 heavy (non-hydrogen) atoms. The van der Waals surface area contributed by atoms with Gasteiger partial charge in [0, 0.05) is 23.9 Å². The molecule has 0 atom stereocenters. The predicted octanol–water partition coefficient (Wildman–Crippen LogP) is 6.43. The topological polar surface area (TPSA) is 17.3 Å². The summed E-state index contributed by atoms with van der Waals surface area (Å²) in [5.41, 5.74) is 3.04. The number of hydrogen-bond acceptors (Lipinski definition) is 3. The van der Waals surface area contributed by atoms with Gasteiger partial charge in [-0.2, -0.15) is 24.5 Å². The van der Waals surface area contributed by atoms with Crippen LogP contribution in [0.25, 0.3) is 5.70 Å². The second-order valence-electron chi connectivity index (χ2n) is 4.87. The van der Waals surface area contributed by atoms with E-state index in [0.717, 1.165) is 22.0 Å². The van der Waals surface area contributed by atoms with Crippen molar-refractivity contribution < 1.29 is 13.2 Å². The van der Waals surface area contributed by atoms with E-state index in [-0.39, 0.29) is 0 Å². The van der Waals surface area contributed by atoms with E-state index >= 15 is 0 Å². The Bertz CT molecular complexity index is 701. The van der Waals surface area contributed by atoms with Gasteiger partial charge in [0.25, 0.3) is 0 Å². The van der Waals surface area contributed by atoms with Crippen molar-refractivity contribution in [3.63, 3.8) is 0 Å². The van der Waals surface area contributed by atoms with E-state index in [1.807, 2.05) is 46.9 Å². The van der Waals surface area contributed by atoms with E-state index in [1.54, 1.807) is 17.4 Å². The number of allylic oxidation sites excluding steroid dienone is 4. The summed E-state index contributed by atoms with van der Waals surface area (Å²) in [7, 11) is 0. The molecule has 2 rings (SSSR count). The maximum Gasteiger partial charge on any atom is 0.392 e. The van der Waals surface area contributed by atoms with Crippen molar-refractivity contribution >= 4 is 39.8 Å². The molecule has 124 valence electrons. The Morgan fingerprint density at radius 3 is 2.70 bits per heavy atom. The Kier molecular flexibility index (Phi) is 6.01. The summed E-state index contributed by atoms with van der Waals surface area (Å²) in [6, 6.07) is 1.99. The van der Waals surface area contributed by atoms with Crippen molar-refractivity contribution in [2.75, 3.05) is 0 Å². The lowest BCUT2D eigenvalue weighted by Gasteiger charge is -2.18. The molecule has 0 saturated heterocycles. The molecule has 0 radical (unpaired) electrons. The van der Waals surface area contributed by atoms with Gasteiger partial charge >= 0.3 is 6.18 Å². The molecule has 2 heterocycles. The summed E-state index contributed by atoms with van der Waals surface area (Å²) in [5, 5.41) is 4.94. The largest absolute Gasteiger partial charge is 0.392 e. The second kappa shape index (κ2) is 7.79. The lowest BCUT2D eigenvalue weighted by molar-refractivity contribution is -0.125. The van der Waals surface area contributed by atoms with Crippen molar-refractivity contribution in [3.05, 3.63) is 46.3 Å². The van der Waals surface area contributed by atoms with Gasteiger partial charge in [-0.3, -0.25) is 3.96 Å². The van der Waals surface area contributed by atoms with Crippen LogP contribution in [0.4, 0.5) is 18.2 Å². The second-order valence-corrected chi connectivity index (χ2v) is 6.58. The van der Waals surface area contributed by atoms with Crippen molar-refractivity contribution in [1.82, 2.24) is 3.96 Å². The summed E-state index contributed by atoms with van der Waals surface area (Å²) < 4.78 is 38.3. The summed E-state index contributed by atoms with van der Waals surface area (Å²) in [6.07, 6.45) is 1.90. The molecule has 7 heteroatoms. The fourth-order valence-electron chi connectivity index (χ4n) is 1.88. The number of aliphatic imine (C=N–C) groups is 1. The molecule has 2 nitrogen and oxygen atoms in total. The van der Waals surface area contributed by atoms with E-state index in [1.165, 1.54) is 17.6 Å². The fourth-order valence-corrected chi connectivity index (χ4v) is 3.38. The highest BCUT2D eigenvalue weighted by atomic mass is 32.1. The van der Waals surface area contributed by atoms with Crippen LogP contribution in [0.15, 0.2) is 40.0 Å². The highest BCUT2D eigenvalue weighted by Crippen LogP contribution is 2.34. The monoisotopic (exact) mass is 358 g/mol. The van der Waals surface area contributed by atoms with Crippen molar-refractivity contribution in [1.29, 1.82) is 0 Å². The lowest BCUT2D eigenvalue weighted by atomic mass is 10.2. The molecule has 2 aromatic rings. The first-order valence-electron chi connectivity index (χ1n) is 7.03. The third kappa shape index (κ3) is 5.21. The van der Waals surface area contributed by atoms with Gasteiger partial charge in [-0.1, -0.05) is 18.2 Å². The number of halogens is 3. The molecule has 0 fully saturated rings. The number of alkyl halides is 3. The molecule has 0 aliphatic carbocycles. The van der Waals surface area contributed by atoms with Crippen LogP contribution in [-0.2, 0) is 0 Å². The zero-order chi connectivity index (χ0) is 16.9. The first-order valence-corrected chi connectivity index (χ1v) is 8.74. The van der Waals surface area contributed by atoms with Gasteiger partial charge < -0.3 is 0 Å². The molecule has 2 aromatic heterocycles. The SMILES string of the molecule is C/C=C(\C/C=C\CC(F)(F)F)n1sc(/N=C/c2ccsc2)c1C. The maximum absolute atomic E-state index is 12.1. The molecule has 0 unspecified atom stereocenters. The van der Waals surface area contributed by atoms with Crippen molar-refractivity contribution in [2.45, 2.75) is 32.9 Å². The molecule has 0 amide bonds. The lowest BCUT2D eigenvalue weighted by Crippen LogP contribution is -2.05. The number of aromatic nitrogens is 1. The fraction of sp³-hybridized carbons (Fsp3) is 0.312. The standard InChI is InChI=1S/C16H17F3N2S2/c1-3-14(6-4-5-8-16(17,18)19)21-12(2)15(23-21)20-10-13-7-9-22-11-13/h3-5,7,9-11H,6,8H2,1-2H3/b5-4-,14-3+,20-10+. The van der Waals surface area contributed by atoms with Gasteiger partial charge in [0.2, 0.25) is 0 Å². The van der Waals surface area contributed by atoms with Crippen LogP contribution in [-0.4, -0.2) is 16.3 Å². The molecular formula is C16H17F3N2S2.